The Bertz CT molecular complexity index is 646. The summed E-state index contributed by atoms with van der Waals surface area (Å²) in [5.74, 6) is -0.940. The number of hydrogen-bond acceptors (Lipinski definition) is 5. The van der Waals surface area contributed by atoms with Crippen molar-refractivity contribution in [3.05, 3.63) is 22.5 Å². The molecule has 0 radical (unpaired) electrons. The van der Waals surface area contributed by atoms with E-state index in [4.69, 9.17) is 9.47 Å². The Morgan fingerprint density at radius 2 is 1.88 bits per heavy atom. The zero-order chi connectivity index (χ0) is 17.9. The maximum absolute atomic E-state index is 12.2. The van der Waals surface area contributed by atoms with Gasteiger partial charge in [-0.15, -0.1) is 0 Å². The molecule has 1 amide bonds. The molecule has 2 rings (SSSR count). The van der Waals surface area contributed by atoms with E-state index in [1.165, 1.54) is 0 Å². The zero-order valence-electron chi connectivity index (χ0n) is 14.5. The number of rotatable bonds is 7. The van der Waals surface area contributed by atoms with Crippen molar-refractivity contribution < 1.29 is 23.9 Å². The molecule has 1 saturated carbocycles. The predicted octanol–water partition coefficient (Wildman–Crippen LogP) is 1.88. The maximum atomic E-state index is 12.2. The van der Waals surface area contributed by atoms with Crippen LogP contribution in [-0.2, 0) is 14.3 Å². The van der Waals surface area contributed by atoms with E-state index in [1.54, 1.807) is 20.8 Å². The van der Waals surface area contributed by atoms with Crippen LogP contribution in [-0.4, -0.2) is 42.1 Å². The largest absolute Gasteiger partial charge is 0.461 e. The summed E-state index contributed by atoms with van der Waals surface area (Å²) in [4.78, 5) is 38.7. The quantitative estimate of drug-likeness (QED) is 0.741. The molecule has 1 heterocycles. The minimum absolute atomic E-state index is 0.0994. The van der Waals surface area contributed by atoms with Gasteiger partial charge in [-0.05, 0) is 52.0 Å². The van der Waals surface area contributed by atoms with Crippen molar-refractivity contribution >= 4 is 17.8 Å². The molecule has 1 aliphatic carbocycles. The molecule has 0 bridgehead atoms. The first kappa shape index (κ1) is 18.0. The molecule has 2 N–H and O–H groups in total. The van der Waals surface area contributed by atoms with Crippen LogP contribution in [0.25, 0.3) is 0 Å². The number of carbonyl (C=O) groups is 3. The van der Waals surface area contributed by atoms with Gasteiger partial charge in [0, 0.05) is 11.7 Å². The fraction of sp³-hybridized carbons (Fsp3) is 0.588. The van der Waals surface area contributed by atoms with Crippen molar-refractivity contribution in [3.63, 3.8) is 0 Å². The van der Waals surface area contributed by atoms with Gasteiger partial charge in [0.2, 0.25) is 0 Å². The number of aromatic amines is 1. The second kappa shape index (κ2) is 7.51. The number of aryl methyl sites for hydroxylation is 1. The molecule has 7 heteroatoms. The number of ether oxygens (including phenoxy) is 2. The van der Waals surface area contributed by atoms with Crippen LogP contribution in [0.15, 0.2) is 0 Å². The molecule has 1 atom stereocenters. The third-order valence-electron chi connectivity index (χ3n) is 4.17. The minimum Gasteiger partial charge on any atom is -0.461 e. The SMILES string of the molecule is CCOC(=O)c1[nH]c(C)c(C(=O)OCC(=O)N[C@@H](C)C2CC2)c1C. The van der Waals surface area contributed by atoms with Gasteiger partial charge >= 0.3 is 11.9 Å². The van der Waals surface area contributed by atoms with E-state index >= 15 is 0 Å². The van der Waals surface area contributed by atoms with Crippen LogP contribution in [0.1, 0.15) is 58.8 Å². The van der Waals surface area contributed by atoms with Crippen molar-refractivity contribution in [2.24, 2.45) is 5.92 Å². The lowest BCUT2D eigenvalue weighted by Crippen LogP contribution is -2.37. The molecule has 0 saturated heterocycles. The van der Waals surface area contributed by atoms with Crippen LogP contribution in [0.4, 0.5) is 0 Å². The van der Waals surface area contributed by atoms with Crippen LogP contribution in [0, 0.1) is 19.8 Å². The van der Waals surface area contributed by atoms with Gasteiger partial charge in [-0.2, -0.15) is 0 Å². The predicted molar refractivity (Wildman–Crippen MR) is 86.8 cm³/mol. The summed E-state index contributed by atoms with van der Waals surface area (Å²) in [5.41, 5.74) is 1.46. The van der Waals surface area contributed by atoms with E-state index in [2.05, 4.69) is 10.3 Å². The lowest BCUT2D eigenvalue weighted by atomic mass is 10.1. The highest BCUT2D eigenvalue weighted by atomic mass is 16.5. The van der Waals surface area contributed by atoms with E-state index in [1.807, 2.05) is 6.92 Å². The molecule has 7 nitrogen and oxygen atoms in total. The van der Waals surface area contributed by atoms with E-state index in [9.17, 15) is 14.4 Å². The van der Waals surface area contributed by atoms with E-state index in [0.717, 1.165) is 12.8 Å². The average Bonchev–Trinajstić information content (AvgIpc) is 3.31. The van der Waals surface area contributed by atoms with Crippen LogP contribution >= 0.6 is 0 Å². The second-order valence-electron chi connectivity index (χ2n) is 6.12. The molecular weight excluding hydrogens is 312 g/mol. The molecule has 0 spiro atoms. The van der Waals surface area contributed by atoms with Crippen LogP contribution in [0.3, 0.4) is 0 Å². The molecule has 1 fully saturated rings. The standard InChI is InChI=1S/C17H24N2O5/c1-5-23-17(22)15-9(2)14(11(4)19-15)16(21)24-8-13(20)18-10(3)12-6-7-12/h10,12,19H,5-8H2,1-4H3,(H,18,20)/t10-/m0/s1. The Hall–Kier alpha value is -2.31. The van der Waals surface area contributed by atoms with Gasteiger partial charge in [-0.25, -0.2) is 9.59 Å². The summed E-state index contributed by atoms with van der Waals surface area (Å²) in [6.07, 6.45) is 2.25. The van der Waals surface area contributed by atoms with Gasteiger partial charge < -0.3 is 19.8 Å². The molecule has 1 aromatic rings. The molecule has 1 aliphatic rings. The van der Waals surface area contributed by atoms with Crippen LogP contribution in [0.5, 0.6) is 0 Å². The van der Waals surface area contributed by atoms with Crippen LogP contribution < -0.4 is 5.32 Å². The Morgan fingerprint density at radius 3 is 2.46 bits per heavy atom. The van der Waals surface area contributed by atoms with Gasteiger partial charge in [0.1, 0.15) is 5.69 Å². The molecule has 0 unspecified atom stereocenters. The monoisotopic (exact) mass is 336 g/mol. The van der Waals surface area contributed by atoms with Gasteiger partial charge in [0.25, 0.3) is 5.91 Å². The summed E-state index contributed by atoms with van der Waals surface area (Å²) in [7, 11) is 0. The molecule has 1 aromatic heterocycles. The van der Waals surface area contributed by atoms with E-state index in [-0.39, 0.29) is 36.4 Å². The lowest BCUT2D eigenvalue weighted by Gasteiger charge is -2.12. The number of H-pyrrole nitrogens is 1. The van der Waals surface area contributed by atoms with E-state index < -0.39 is 11.9 Å². The Labute approximate surface area is 141 Å². The summed E-state index contributed by atoms with van der Waals surface area (Å²) in [6.45, 7) is 6.87. The summed E-state index contributed by atoms with van der Waals surface area (Å²) in [6, 6.07) is 0.0994. The van der Waals surface area contributed by atoms with E-state index in [0.29, 0.717) is 17.2 Å². The fourth-order valence-electron chi connectivity index (χ4n) is 2.68. The first-order valence-corrected chi connectivity index (χ1v) is 8.17. The molecule has 132 valence electrons. The minimum atomic E-state index is -0.633. The van der Waals surface area contributed by atoms with Crippen molar-refractivity contribution in [2.45, 2.75) is 46.6 Å². The Morgan fingerprint density at radius 1 is 1.21 bits per heavy atom. The summed E-state index contributed by atoms with van der Waals surface area (Å²) < 4.78 is 10.0. The average molecular weight is 336 g/mol. The highest BCUT2D eigenvalue weighted by molar-refractivity contribution is 5.99. The van der Waals surface area contributed by atoms with Crippen LogP contribution in [0.2, 0.25) is 0 Å². The molecule has 0 aliphatic heterocycles. The lowest BCUT2D eigenvalue weighted by molar-refractivity contribution is -0.125. The van der Waals surface area contributed by atoms with Gasteiger partial charge in [0.15, 0.2) is 6.61 Å². The number of esters is 2. The third-order valence-corrected chi connectivity index (χ3v) is 4.17. The van der Waals surface area contributed by atoms with Crippen molar-refractivity contribution in [1.82, 2.24) is 10.3 Å². The second-order valence-corrected chi connectivity index (χ2v) is 6.12. The number of hydrogen-bond donors (Lipinski definition) is 2. The van der Waals surface area contributed by atoms with Crippen molar-refractivity contribution in [2.75, 3.05) is 13.2 Å². The first-order valence-electron chi connectivity index (χ1n) is 8.17. The number of nitrogens with one attached hydrogen (secondary N) is 2. The first-order chi connectivity index (χ1) is 11.3. The molecule has 24 heavy (non-hydrogen) atoms. The van der Waals surface area contributed by atoms with Gasteiger partial charge in [-0.1, -0.05) is 0 Å². The maximum Gasteiger partial charge on any atom is 0.355 e. The van der Waals surface area contributed by atoms with Crippen molar-refractivity contribution in [3.8, 4) is 0 Å². The Balaban J connectivity index is 1.96. The molecular formula is C17H24N2O5. The highest BCUT2D eigenvalue weighted by Crippen LogP contribution is 2.32. The molecule has 0 aromatic carbocycles. The number of amides is 1. The van der Waals surface area contributed by atoms with Gasteiger partial charge in [0.05, 0.1) is 12.2 Å². The van der Waals surface area contributed by atoms with Gasteiger partial charge in [-0.3, -0.25) is 4.79 Å². The topological polar surface area (TPSA) is 97.5 Å². The number of carbonyl (C=O) groups excluding carboxylic acids is 3. The Kier molecular flexibility index (Phi) is 5.64. The fourth-order valence-corrected chi connectivity index (χ4v) is 2.68. The normalized spacial score (nSPS) is 14.8. The summed E-state index contributed by atoms with van der Waals surface area (Å²) in [5, 5.41) is 2.82. The highest BCUT2D eigenvalue weighted by Gasteiger charge is 2.29. The van der Waals surface area contributed by atoms with Crippen molar-refractivity contribution in [1.29, 1.82) is 0 Å². The zero-order valence-corrected chi connectivity index (χ0v) is 14.5. The smallest absolute Gasteiger partial charge is 0.355 e. The summed E-state index contributed by atoms with van der Waals surface area (Å²) >= 11 is 0. The third kappa shape index (κ3) is 4.15. The number of aromatic nitrogens is 1.